The Hall–Kier alpha value is -2.24. The Labute approximate surface area is 161 Å². The lowest BCUT2D eigenvalue weighted by Gasteiger charge is -2.17. The van der Waals surface area contributed by atoms with Crippen LogP contribution in [0, 0.1) is 5.92 Å². The van der Waals surface area contributed by atoms with Crippen LogP contribution in [0.25, 0.3) is 0 Å². The Balaban J connectivity index is 1.61. The summed E-state index contributed by atoms with van der Waals surface area (Å²) in [6, 6.07) is 12.4. The van der Waals surface area contributed by atoms with E-state index in [0.29, 0.717) is 28.8 Å². The van der Waals surface area contributed by atoms with E-state index in [2.05, 4.69) is 5.32 Å². The van der Waals surface area contributed by atoms with Crippen molar-refractivity contribution in [2.75, 3.05) is 18.6 Å². The predicted molar refractivity (Wildman–Crippen MR) is 102 cm³/mol. The molecule has 0 radical (unpaired) electrons. The smallest absolute Gasteiger partial charge is 0.227 e. The highest BCUT2D eigenvalue weighted by molar-refractivity contribution is 6.35. The molecule has 1 unspecified atom stereocenters. The van der Waals surface area contributed by atoms with Gasteiger partial charge in [0.1, 0.15) is 5.75 Å². The third-order valence-electron chi connectivity index (χ3n) is 4.28. The zero-order chi connectivity index (χ0) is 18.7. The molecule has 0 spiro atoms. The molecule has 1 atom stereocenters. The molecule has 0 aromatic heterocycles. The van der Waals surface area contributed by atoms with E-state index in [9.17, 15) is 9.59 Å². The zero-order valence-electron chi connectivity index (χ0n) is 14.2. The monoisotopic (exact) mass is 392 g/mol. The van der Waals surface area contributed by atoms with Crippen LogP contribution < -0.4 is 15.0 Å². The highest BCUT2D eigenvalue weighted by Crippen LogP contribution is 2.30. The van der Waals surface area contributed by atoms with Crippen molar-refractivity contribution in [2.45, 2.75) is 13.0 Å². The molecule has 1 N–H and O–H groups in total. The lowest BCUT2D eigenvalue weighted by molar-refractivity contribution is -0.126. The lowest BCUT2D eigenvalue weighted by Crippen LogP contribution is -2.32. The van der Waals surface area contributed by atoms with Crippen LogP contribution in [0.5, 0.6) is 5.75 Å². The molecule has 5 nitrogen and oxygen atoms in total. The molecule has 26 heavy (non-hydrogen) atoms. The standard InChI is InChI=1S/C19H18Cl2N2O3/c1-26-17-4-2-12(3-5-17)10-22-19(25)13-6-18(24)23(11-13)16-8-14(20)7-15(21)9-16/h2-5,7-9,13H,6,10-11H2,1H3,(H,22,25). The number of hydrogen-bond donors (Lipinski definition) is 1. The van der Waals surface area contributed by atoms with E-state index in [-0.39, 0.29) is 18.2 Å². The van der Waals surface area contributed by atoms with Gasteiger partial charge in [-0.1, -0.05) is 35.3 Å². The third-order valence-corrected chi connectivity index (χ3v) is 4.72. The van der Waals surface area contributed by atoms with Gasteiger partial charge in [-0.05, 0) is 35.9 Å². The number of amides is 2. The van der Waals surface area contributed by atoms with Crippen LogP contribution in [0.2, 0.25) is 10.0 Å². The van der Waals surface area contributed by atoms with Gasteiger partial charge in [0.15, 0.2) is 0 Å². The Bertz CT molecular complexity index is 804. The number of halogens is 2. The number of hydrogen-bond acceptors (Lipinski definition) is 3. The van der Waals surface area contributed by atoms with Gasteiger partial charge in [-0.25, -0.2) is 0 Å². The SMILES string of the molecule is COc1ccc(CNC(=O)C2CC(=O)N(c3cc(Cl)cc(Cl)c3)C2)cc1. The van der Waals surface area contributed by atoms with E-state index in [1.807, 2.05) is 24.3 Å². The number of carbonyl (C=O) groups excluding carboxylic acids is 2. The number of methoxy groups -OCH3 is 1. The van der Waals surface area contributed by atoms with Gasteiger partial charge in [0.2, 0.25) is 11.8 Å². The maximum absolute atomic E-state index is 12.4. The molecule has 1 saturated heterocycles. The molecular weight excluding hydrogens is 375 g/mol. The molecule has 1 aliphatic rings. The minimum atomic E-state index is -0.404. The van der Waals surface area contributed by atoms with Gasteiger partial charge < -0.3 is 15.0 Å². The van der Waals surface area contributed by atoms with Gasteiger partial charge in [0.25, 0.3) is 0 Å². The first kappa shape index (κ1) is 18.5. The molecular formula is C19H18Cl2N2O3. The van der Waals surface area contributed by atoms with Crippen LogP contribution in [-0.2, 0) is 16.1 Å². The van der Waals surface area contributed by atoms with Gasteiger partial charge in [0.05, 0.1) is 13.0 Å². The quantitative estimate of drug-likeness (QED) is 0.844. The molecule has 2 aromatic carbocycles. The topological polar surface area (TPSA) is 58.6 Å². The number of anilines is 1. The van der Waals surface area contributed by atoms with Crippen LogP contribution in [0.4, 0.5) is 5.69 Å². The van der Waals surface area contributed by atoms with Crippen molar-refractivity contribution < 1.29 is 14.3 Å². The summed E-state index contributed by atoms with van der Waals surface area (Å²) in [5, 5.41) is 3.79. The summed E-state index contributed by atoms with van der Waals surface area (Å²) in [7, 11) is 1.60. The molecule has 0 bridgehead atoms. The third kappa shape index (κ3) is 4.29. The van der Waals surface area contributed by atoms with E-state index in [0.717, 1.165) is 11.3 Å². The van der Waals surface area contributed by atoms with E-state index in [1.165, 1.54) is 0 Å². The molecule has 0 aliphatic carbocycles. The lowest BCUT2D eigenvalue weighted by atomic mass is 10.1. The normalized spacial score (nSPS) is 16.7. The van der Waals surface area contributed by atoms with E-state index in [4.69, 9.17) is 27.9 Å². The average molecular weight is 393 g/mol. The number of ether oxygens (including phenoxy) is 1. The molecule has 2 amide bonds. The number of carbonyl (C=O) groups is 2. The van der Waals surface area contributed by atoms with Crippen molar-refractivity contribution >= 4 is 40.7 Å². The fourth-order valence-electron chi connectivity index (χ4n) is 2.90. The Morgan fingerprint density at radius 2 is 1.85 bits per heavy atom. The summed E-state index contributed by atoms with van der Waals surface area (Å²) in [4.78, 5) is 26.3. The first-order chi connectivity index (χ1) is 12.5. The molecule has 0 saturated carbocycles. The first-order valence-corrected chi connectivity index (χ1v) is 8.89. The van der Waals surface area contributed by atoms with Crippen molar-refractivity contribution in [1.29, 1.82) is 0 Å². The number of nitrogens with zero attached hydrogens (tertiary/aromatic N) is 1. The number of benzene rings is 2. The van der Waals surface area contributed by atoms with Crippen LogP contribution in [0.1, 0.15) is 12.0 Å². The maximum atomic E-state index is 12.4. The highest BCUT2D eigenvalue weighted by Gasteiger charge is 2.35. The van der Waals surface area contributed by atoms with E-state index in [1.54, 1.807) is 30.2 Å². The fourth-order valence-corrected chi connectivity index (χ4v) is 3.42. The second kappa shape index (κ2) is 7.98. The average Bonchev–Trinajstić information content (AvgIpc) is 3.01. The summed E-state index contributed by atoms with van der Waals surface area (Å²) in [6.07, 6.45) is 0.165. The summed E-state index contributed by atoms with van der Waals surface area (Å²) in [6.45, 7) is 0.709. The number of rotatable bonds is 5. The largest absolute Gasteiger partial charge is 0.497 e. The van der Waals surface area contributed by atoms with Gasteiger partial charge in [-0.15, -0.1) is 0 Å². The summed E-state index contributed by atoms with van der Waals surface area (Å²) in [5.41, 5.74) is 1.57. The molecule has 7 heteroatoms. The summed E-state index contributed by atoms with van der Waals surface area (Å²) < 4.78 is 5.11. The molecule has 1 aliphatic heterocycles. The molecule has 3 rings (SSSR count). The van der Waals surface area contributed by atoms with Gasteiger partial charge in [0, 0.05) is 35.2 Å². The Kier molecular flexibility index (Phi) is 5.69. The van der Waals surface area contributed by atoms with Crippen molar-refractivity contribution in [3.63, 3.8) is 0 Å². The van der Waals surface area contributed by atoms with Crippen LogP contribution in [0.15, 0.2) is 42.5 Å². The van der Waals surface area contributed by atoms with E-state index < -0.39 is 5.92 Å². The Morgan fingerprint density at radius 3 is 2.46 bits per heavy atom. The molecule has 1 heterocycles. The van der Waals surface area contributed by atoms with Crippen molar-refractivity contribution in [1.82, 2.24) is 5.32 Å². The molecule has 1 fully saturated rings. The second-order valence-corrected chi connectivity index (χ2v) is 6.97. The Morgan fingerprint density at radius 1 is 1.19 bits per heavy atom. The first-order valence-electron chi connectivity index (χ1n) is 8.13. The minimum Gasteiger partial charge on any atom is -0.497 e. The second-order valence-electron chi connectivity index (χ2n) is 6.10. The summed E-state index contributed by atoms with van der Waals surface area (Å²) in [5.74, 6) is 0.0912. The van der Waals surface area contributed by atoms with E-state index >= 15 is 0 Å². The van der Waals surface area contributed by atoms with Crippen molar-refractivity contribution in [2.24, 2.45) is 5.92 Å². The zero-order valence-corrected chi connectivity index (χ0v) is 15.7. The van der Waals surface area contributed by atoms with Gasteiger partial charge in [-0.2, -0.15) is 0 Å². The van der Waals surface area contributed by atoms with Crippen LogP contribution in [-0.4, -0.2) is 25.5 Å². The number of nitrogens with one attached hydrogen (secondary N) is 1. The predicted octanol–water partition coefficient (Wildman–Crippen LogP) is 3.67. The van der Waals surface area contributed by atoms with Gasteiger partial charge >= 0.3 is 0 Å². The van der Waals surface area contributed by atoms with Crippen LogP contribution >= 0.6 is 23.2 Å². The minimum absolute atomic E-state index is 0.118. The van der Waals surface area contributed by atoms with Crippen molar-refractivity contribution in [3.05, 3.63) is 58.1 Å². The van der Waals surface area contributed by atoms with Gasteiger partial charge in [-0.3, -0.25) is 9.59 Å². The summed E-state index contributed by atoms with van der Waals surface area (Å²) >= 11 is 12.0. The fraction of sp³-hybridized carbons (Fsp3) is 0.263. The van der Waals surface area contributed by atoms with Crippen LogP contribution in [0.3, 0.4) is 0 Å². The molecule has 136 valence electrons. The molecule has 2 aromatic rings. The van der Waals surface area contributed by atoms with Crippen molar-refractivity contribution in [3.8, 4) is 5.75 Å². The maximum Gasteiger partial charge on any atom is 0.227 e. The highest BCUT2D eigenvalue weighted by atomic mass is 35.5.